The second-order valence-electron chi connectivity index (χ2n) is 5.30. The van der Waals surface area contributed by atoms with Crippen LogP contribution in [-0.4, -0.2) is 21.2 Å². The lowest BCUT2D eigenvalue weighted by atomic mass is 10.1. The fourth-order valence-electron chi connectivity index (χ4n) is 2.16. The summed E-state index contributed by atoms with van der Waals surface area (Å²) in [5.74, 6) is -2.74. The average molecular weight is 374 g/mol. The van der Waals surface area contributed by atoms with Crippen LogP contribution >= 0.6 is 0 Å². The fourth-order valence-corrected chi connectivity index (χ4v) is 2.16. The predicted octanol–water partition coefficient (Wildman–Crippen LogP) is 3.58. The van der Waals surface area contributed by atoms with Gasteiger partial charge < -0.3 is 14.9 Å². The second kappa shape index (κ2) is 6.80. The number of nitrogens with one attached hydrogen (secondary N) is 1. The lowest BCUT2D eigenvalue weighted by Gasteiger charge is -2.08. The molecule has 2 aromatic carbocycles. The Morgan fingerprint density at radius 1 is 1.22 bits per heavy atom. The third-order valence-corrected chi connectivity index (χ3v) is 3.43. The zero-order valence-electron chi connectivity index (χ0n) is 13.3. The van der Waals surface area contributed by atoms with E-state index in [2.05, 4.69) is 20.0 Å². The molecule has 3 aromatic rings. The van der Waals surface area contributed by atoms with E-state index in [1.807, 2.05) is 6.07 Å². The Bertz CT molecular complexity index is 1050. The SMILES string of the molecule is N#Cc1ccc(NC(=O)c2cccc(-c3noc(C(F)(F)F)n3)c2)c(O)c1. The van der Waals surface area contributed by atoms with Crippen molar-refractivity contribution in [2.24, 2.45) is 0 Å². The molecule has 3 rings (SSSR count). The van der Waals surface area contributed by atoms with Gasteiger partial charge in [0.25, 0.3) is 5.91 Å². The Kier molecular flexibility index (Phi) is 4.51. The topological polar surface area (TPSA) is 112 Å². The summed E-state index contributed by atoms with van der Waals surface area (Å²) < 4.78 is 41.8. The number of aromatic nitrogens is 2. The summed E-state index contributed by atoms with van der Waals surface area (Å²) in [6.45, 7) is 0. The molecule has 0 fully saturated rings. The molecule has 0 unspecified atom stereocenters. The van der Waals surface area contributed by atoms with Crippen LogP contribution in [0.5, 0.6) is 5.75 Å². The lowest BCUT2D eigenvalue weighted by molar-refractivity contribution is -0.159. The summed E-state index contributed by atoms with van der Waals surface area (Å²) in [5.41, 5.74) is 0.522. The Labute approximate surface area is 149 Å². The maximum Gasteiger partial charge on any atom is 0.471 e. The predicted molar refractivity (Wildman–Crippen MR) is 85.5 cm³/mol. The molecule has 0 spiro atoms. The number of nitrogens with zero attached hydrogens (tertiary/aromatic N) is 3. The van der Waals surface area contributed by atoms with Crippen LogP contribution in [0.25, 0.3) is 11.4 Å². The molecule has 0 radical (unpaired) electrons. The second-order valence-corrected chi connectivity index (χ2v) is 5.30. The highest BCUT2D eigenvalue weighted by Crippen LogP contribution is 2.30. The summed E-state index contributed by atoms with van der Waals surface area (Å²) >= 11 is 0. The summed E-state index contributed by atoms with van der Waals surface area (Å²) in [4.78, 5) is 15.6. The van der Waals surface area contributed by atoms with Gasteiger partial charge >= 0.3 is 12.1 Å². The van der Waals surface area contributed by atoms with E-state index in [9.17, 15) is 23.1 Å². The Hall–Kier alpha value is -3.87. The first-order valence-corrected chi connectivity index (χ1v) is 7.34. The number of carbonyl (C=O) groups is 1. The van der Waals surface area contributed by atoms with Gasteiger partial charge in [-0.2, -0.15) is 23.4 Å². The average Bonchev–Trinajstić information content (AvgIpc) is 3.14. The van der Waals surface area contributed by atoms with Gasteiger partial charge in [-0.05, 0) is 30.3 Å². The van der Waals surface area contributed by atoms with E-state index in [-0.39, 0.29) is 34.0 Å². The number of aromatic hydroxyl groups is 1. The number of anilines is 1. The van der Waals surface area contributed by atoms with Gasteiger partial charge in [0.05, 0.1) is 17.3 Å². The first-order valence-electron chi connectivity index (χ1n) is 7.34. The van der Waals surface area contributed by atoms with E-state index in [4.69, 9.17) is 5.26 Å². The molecule has 0 saturated heterocycles. The van der Waals surface area contributed by atoms with E-state index in [0.29, 0.717) is 0 Å². The third-order valence-electron chi connectivity index (χ3n) is 3.43. The number of phenols is 1. The minimum Gasteiger partial charge on any atom is -0.506 e. The van der Waals surface area contributed by atoms with Crippen molar-refractivity contribution in [3.05, 3.63) is 59.5 Å². The minimum absolute atomic E-state index is 0.0725. The Morgan fingerprint density at radius 3 is 2.63 bits per heavy atom. The minimum atomic E-state index is -4.77. The maximum atomic E-state index is 12.6. The van der Waals surface area contributed by atoms with Gasteiger partial charge in [0, 0.05) is 11.1 Å². The molecule has 0 saturated carbocycles. The molecular weight excluding hydrogens is 365 g/mol. The molecule has 7 nitrogen and oxygen atoms in total. The first kappa shape index (κ1) is 17.9. The van der Waals surface area contributed by atoms with Gasteiger partial charge in [0.15, 0.2) is 0 Å². The van der Waals surface area contributed by atoms with Gasteiger partial charge in [0.1, 0.15) is 5.75 Å². The van der Waals surface area contributed by atoms with Crippen LogP contribution in [0.1, 0.15) is 21.8 Å². The summed E-state index contributed by atoms with van der Waals surface area (Å²) in [6.07, 6.45) is -4.77. The standard InChI is InChI=1S/C17H9F3N4O3/c18-17(19,20)16-23-14(24-27-16)10-2-1-3-11(7-10)15(26)22-12-5-4-9(8-21)6-13(12)25/h1-7,25H,(H,22,26). The molecule has 136 valence electrons. The number of halogens is 3. The van der Waals surface area contributed by atoms with Crippen LogP contribution in [-0.2, 0) is 6.18 Å². The summed E-state index contributed by atoms with van der Waals surface area (Å²) in [7, 11) is 0. The van der Waals surface area contributed by atoms with Crippen molar-refractivity contribution in [3.8, 4) is 23.2 Å². The fraction of sp³-hybridized carbons (Fsp3) is 0.0588. The Balaban J connectivity index is 1.84. The maximum absolute atomic E-state index is 12.6. The molecule has 0 aliphatic heterocycles. The molecule has 27 heavy (non-hydrogen) atoms. The number of amides is 1. The number of alkyl halides is 3. The van der Waals surface area contributed by atoms with Gasteiger partial charge in [-0.15, -0.1) is 0 Å². The van der Waals surface area contributed by atoms with E-state index >= 15 is 0 Å². The van der Waals surface area contributed by atoms with Crippen molar-refractivity contribution >= 4 is 11.6 Å². The van der Waals surface area contributed by atoms with E-state index in [1.54, 1.807) is 0 Å². The lowest BCUT2D eigenvalue weighted by Crippen LogP contribution is -2.12. The van der Waals surface area contributed by atoms with E-state index in [0.717, 1.165) is 0 Å². The van der Waals surface area contributed by atoms with Crippen molar-refractivity contribution in [3.63, 3.8) is 0 Å². The quantitative estimate of drug-likeness (QED) is 0.678. The Morgan fingerprint density at radius 2 is 2.00 bits per heavy atom. The molecule has 10 heteroatoms. The van der Waals surface area contributed by atoms with Crippen LogP contribution in [0, 0.1) is 11.3 Å². The zero-order chi connectivity index (χ0) is 19.6. The number of nitriles is 1. The van der Waals surface area contributed by atoms with E-state index < -0.39 is 18.0 Å². The largest absolute Gasteiger partial charge is 0.506 e. The molecule has 0 aliphatic rings. The van der Waals surface area contributed by atoms with E-state index in [1.165, 1.54) is 42.5 Å². The number of rotatable bonds is 3. The van der Waals surface area contributed by atoms with Gasteiger partial charge in [-0.1, -0.05) is 17.3 Å². The highest BCUT2D eigenvalue weighted by molar-refractivity contribution is 6.05. The van der Waals surface area contributed by atoms with Crippen LogP contribution in [0.15, 0.2) is 47.0 Å². The van der Waals surface area contributed by atoms with Crippen molar-refractivity contribution in [2.75, 3.05) is 5.32 Å². The summed E-state index contributed by atoms with van der Waals surface area (Å²) in [6, 6.07) is 11.3. The van der Waals surface area contributed by atoms with Gasteiger partial charge in [-0.25, -0.2) is 0 Å². The van der Waals surface area contributed by atoms with Gasteiger partial charge in [0.2, 0.25) is 5.82 Å². The molecule has 0 aliphatic carbocycles. The number of phenolic OH excluding ortho intramolecular Hbond substituents is 1. The van der Waals surface area contributed by atoms with Crippen molar-refractivity contribution in [2.45, 2.75) is 6.18 Å². The van der Waals surface area contributed by atoms with Crippen LogP contribution in [0.3, 0.4) is 0 Å². The van der Waals surface area contributed by atoms with Gasteiger partial charge in [-0.3, -0.25) is 4.79 Å². The first-order chi connectivity index (χ1) is 12.8. The molecule has 1 amide bonds. The van der Waals surface area contributed by atoms with Crippen LogP contribution in [0.4, 0.5) is 18.9 Å². The number of hydrogen-bond acceptors (Lipinski definition) is 6. The van der Waals surface area contributed by atoms with Crippen molar-refractivity contribution in [1.29, 1.82) is 5.26 Å². The number of hydrogen-bond donors (Lipinski definition) is 2. The van der Waals surface area contributed by atoms with Crippen LogP contribution < -0.4 is 5.32 Å². The molecule has 2 N–H and O–H groups in total. The molecule has 1 aromatic heterocycles. The molecule has 0 atom stereocenters. The monoisotopic (exact) mass is 374 g/mol. The van der Waals surface area contributed by atoms with Crippen LogP contribution in [0.2, 0.25) is 0 Å². The highest BCUT2D eigenvalue weighted by atomic mass is 19.4. The third kappa shape index (κ3) is 3.87. The number of carbonyl (C=O) groups excluding carboxylic acids is 1. The zero-order valence-corrected chi connectivity index (χ0v) is 13.3. The summed E-state index contributed by atoms with van der Waals surface area (Å²) in [5, 5.41) is 24.3. The smallest absolute Gasteiger partial charge is 0.471 e. The molecule has 0 bridgehead atoms. The van der Waals surface area contributed by atoms with Crippen molar-refractivity contribution < 1.29 is 27.6 Å². The van der Waals surface area contributed by atoms with Crippen molar-refractivity contribution in [1.82, 2.24) is 10.1 Å². The molecule has 1 heterocycles. The normalized spacial score (nSPS) is 11.0. The molecular formula is C17H9F3N4O3. The highest BCUT2D eigenvalue weighted by Gasteiger charge is 2.38. The number of benzene rings is 2.